The molecule has 0 fully saturated rings. The molecule has 41 heavy (non-hydrogen) atoms. The van der Waals surface area contributed by atoms with Gasteiger partial charge in [0, 0.05) is 45.8 Å². The Hall–Kier alpha value is -5.55. The van der Waals surface area contributed by atoms with Crippen LogP contribution in [0.3, 0.4) is 0 Å². The lowest BCUT2D eigenvalue weighted by Gasteiger charge is -2.12. The van der Waals surface area contributed by atoms with Crippen molar-refractivity contribution in [1.29, 1.82) is 0 Å². The summed E-state index contributed by atoms with van der Waals surface area (Å²) < 4.78 is 4.66. The summed E-state index contributed by atoms with van der Waals surface area (Å²) in [6.07, 6.45) is 8.45. The number of fused-ring (bicyclic) bond motifs is 15. The van der Waals surface area contributed by atoms with E-state index in [2.05, 4.69) is 104 Å². The van der Waals surface area contributed by atoms with Gasteiger partial charge in [-0.05, 0) is 82.6 Å². The molecule has 190 valence electrons. The number of nitrogens with zero attached hydrogens (tertiary/aromatic N) is 5. The van der Waals surface area contributed by atoms with E-state index in [4.69, 9.17) is 4.98 Å². The molecule has 10 rings (SSSR count). The van der Waals surface area contributed by atoms with E-state index >= 15 is 0 Å². The van der Waals surface area contributed by atoms with Crippen LogP contribution in [0.2, 0.25) is 0 Å². The molecule has 0 bridgehead atoms. The van der Waals surface area contributed by atoms with Crippen molar-refractivity contribution < 1.29 is 0 Å². The molecule has 0 N–H and O–H groups in total. The average molecular weight is 524 g/mol. The minimum Gasteiger partial charge on any atom is -0.309 e. The Balaban J connectivity index is 1.36. The molecule has 0 saturated heterocycles. The molecule has 5 nitrogen and oxygen atoms in total. The summed E-state index contributed by atoms with van der Waals surface area (Å²) in [5.74, 6) is 0. The summed E-state index contributed by atoms with van der Waals surface area (Å²) >= 11 is 0. The maximum absolute atomic E-state index is 5.07. The molecule has 9 aromatic rings. The first-order chi connectivity index (χ1) is 20.3. The second-order valence-electron chi connectivity index (χ2n) is 10.9. The fourth-order valence-electron chi connectivity index (χ4n) is 7.20. The Morgan fingerprint density at radius 3 is 2.34 bits per heavy atom. The van der Waals surface area contributed by atoms with E-state index in [1.807, 2.05) is 30.9 Å². The van der Waals surface area contributed by atoms with Crippen molar-refractivity contribution in [2.24, 2.45) is 0 Å². The lowest BCUT2D eigenvalue weighted by molar-refractivity contribution is 1.18. The van der Waals surface area contributed by atoms with E-state index in [0.29, 0.717) is 0 Å². The maximum atomic E-state index is 5.07. The topological polar surface area (TPSA) is 48.0 Å². The molecule has 0 unspecified atom stereocenters. The number of hydrogen-bond donors (Lipinski definition) is 0. The predicted octanol–water partition coefficient (Wildman–Crippen LogP) is 8.25. The molecule has 0 saturated carbocycles. The molecule has 5 heteroatoms. The second-order valence-corrected chi connectivity index (χ2v) is 10.9. The van der Waals surface area contributed by atoms with Gasteiger partial charge >= 0.3 is 0 Å². The van der Waals surface area contributed by atoms with Crippen LogP contribution in [0, 0.1) is 0 Å². The first-order valence-electron chi connectivity index (χ1n) is 13.9. The van der Waals surface area contributed by atoms with Crippen LogP contribution in [0.25, 0.3) is 77.0 Å². The molecule has 4 aromatic carbocycles. The highest BCUT2D eigenvalue weighted by atomic mass is 15.0. The number of benzene rings is 4. The molecule has 0 spiro atoms. The molecule has 1 aliphatic rings. The van der Waals surface area contributed by atoms with Crippen LogP contribution >= 0.6 is 0 Å². The van der Waals surface area contributed by atoms with Gasteiger partial charge in [-0.1, -0.05) is 42.5 Å². The SMILES string of the molecule is c1ccc(-n2c3ccccc3c3c4c(ccc32)Cc2cc3c(cc2-4)c2cnccc2n2c4ccncc4nc32)cc1. The van der Waals surface area contributed by atoms with Crippen molar-refractivity contribution in [2.75, 3.05) is 0 Å². The van der Waals surface area contributed by atoms with Gasteiger partial charge in [0.2, 0.25) is 0 Å². The van der Waals surface area contributed by atoms with Gasteiger partial charge in [0.1, 0.15) is 11.2 Å². The minimum absolute atomic E-state index is 0.900. The van der Waals surface area contributed by atoms with Gasteiger partial charge in [-0.2, -0.15) is 0 Å². The zero-order valence-electron chi connectivity index (χ0n) is 21.9. The van der Waals surface area contributed by atoms with Gasteiger partial charge in [-0.25, -0.2) is 4.98 Å². The van der Waals surface area contributed by atoms with Crippen LogP contribution in [0.4, 0.5) is 0 Å². The quantitative estimate of drug-likeness (QED) is 0.204. The Kier molecular flexibility index (Phi) is 3.92. The van der Waals surface area contributed by atoms with E-state index in [1.165, 1.54) is 55.1 Å². The van der Waals surface area contributed by atoms with Crippen molar-refractivity contribution in [3.8, 4) is 16.8 Å². The van der Waals surface area contributed by atoms with Gasteiger partial charge < -0.3 is 4.57 Å². The summed E-state index contributed by atoms with van der Waals surface area (Å²) in [6.45, 7) is 0. The van der Waals surface area contributed by atoms with Crippen molar-refractivity contribution in [3.05, 3.63) is 127 Å². The predicted molar refractivity (Wildman–Crippen MR) is 166 cm³/mol. The fourth-order valence-corrected chi connectivity index (χ4v) is 7.20. The summed E-state index contributed by atoms with van der Waals surface area (Å²) in [5, 5.41) is 6.06. The number of rotatable bonds is 1. The standard InChI is InChI=1S/C36H21N5/c1-2-6-23(7-3-1)40-30-9-5-4-8-24(30)35-33(40)11-10-21-16-22-17-27-26(18-25(22)34(21)35)28-19-37-14-12-31(28)41-32-13-15-38-20-29(32)39-36(27)41/h1-15,17-20H,16H2. The Labute approximate surface area is 234 Å². The zero-order valence-corrected chi connectivity index (χ0v) is 21.9. The third-order valence-corrected chi connectivity index (χ3v) is 8.86. The molecule has 0 atom stereocenters. The monoisotopic (exact) mass is 523 g/mol. The second kappa shape index (κ2) is 7.55. The van der Waals surface area contributed by atoms with Crippen LogP contribution < -0.4 is 0 Å². The molecule has 5 heterocycles. The fraction of sp³-hybridized carbons (Fsp3) is 0.0278. The van der Waals surface area contributed by atoms with Crippen LogP contribution in [0.15, 0.2) is 116 Å². The molecule has 5 aromatic heterocycles. The number of aromatic nitrogens is 5. The zero-order chi connectivity index (χ0) is 26.7. The number of hydrogen-bond acceptors (Lipinski definition) is 3. The van der Waals surface area contributed by atoms with Crippen LogP contribution in [-0.2, 0) is 6.42 Å². The third kappa shape index (κ3) is 2.68. The largest absolute Gasteiger partial charge is 0.309 e. The van der Waals surface area contributed by atoms with Crippen LogP contribution in [0.5, 0.6) is 0 Å². The van der Waals surface area contributed by atoms with Crippen molar-refractivity contribution in [2.45, 2.75) is 6.42 Å². The molecule has 0 radical (unpaired) electrons. The van der Waals surface area contributed by atoms with Gasteiger partial charge in [0.15, 0.2) is 0 Å². The lowest BCUT2D eigenvalue weighted by Crippen LogP contribution is -1.93. The highest BCUT2D eigenvalue weighted by Crippen LogP contribution is 2.48. The van der Waals surface area contributed by atoms with Crippen LogP contribution in [0.1, 0.15) is 11.1 Å². The summed E-state index contributed by atoms with van der Waals surface area (Å²) in [6, 6.07) is 33.0. The lowest BCUT2D eigenvalue weighted by atomic mass is 9.96. The first kappa shape index (κ1) is 21.3. The molecular formula is C36H21N5. The van der Waals surface area contributed by atoms with E-state index < -0.39 is 0 Å². The van der Waals surface area contributed by atoms with Crippen molar-refractivity contribution in [1.82, 2.24) is 23.9 Å². The summed E-state index contributed by atoms with van der Waals surface area (Å²) in [5.41, 5.74) is 13.0. The molecule has 1 aliphatic carbocycles. The molecular weight excluding hydrogens is 502 g/mol. The molecule has 0 amide bonds. The summed E-state index contributed by atoms with van der Waals surface area (Å²) in [7, 11) is 0. The van der Waals surface area contributed by atoms with E-state index in [9.17, 15) is 0 Å². The van der Waals surface area contributed by atoms with Crippen LogP contribution in [-0.4, -0.2) is 23.9 Å². The van der Waals surface area contributed by atoms with Crippen molar-refractivity contribution >= 4 is 60.2 Å². The van der Waals surface area contributed by atoms with Gasteiger partial charge in [-0.3, -0.25) is 14.4 Å². The number of imidazole rings is 1. The normalized spacial score (nSPS) is 12.8. The Morgan fingerprint density at radius 2 is 1.41 bits per heavy atom. The highest BCUT2D eigenvalue weighted by molar-refractivity contribution is 6.20. The average Bonchev–Trinajstić information content (AvgIpc) is 3.70. The minimum atomic E-state index is 0.900. The molecule has 0 aliphatic heterocycles. The van der Waals surface area contributed by atoms with Gasteiger partial charge in [0.05, 0.1) is 28.3 Å². The van der Waals surface area contributed by atoms with Gasteiger partial charge in [-0.15, -0.1) is 0 Å². The smallest absolute Gasteiger partial charge is 0.146 e. The van der Waals surface area contributed by atoms with E-state index in [-0.39, 0.29) is 0 Å². The van der Waals surface area contributed by atoms with Crippen molar-refractivity contribution in [3.63, 3.8) is 0 Å². The first-order valence-corrected chi connectivity index (χ1v) is 13.9. The van der Waals surface area contributed by atoms with E-state index in [0.717, 1.165) is 39.4 Å². The highest BCUT2D eigenvalue weighted by Gasteiger charge is 2.26. The maximum Gasteiger partial charge on any atom is 0.146 e. The number of pyridine rings is 3. The van der Waals surface area contributed by atoms with Gasteiger partial charge in [0.25, 0.3) is 0 Å². The Morgan fingerprint density at radius 1 is 0.585 bits per heavy atom. The third-order valence-electron chi connectivity index (χ3n) is 8.86. The summed E-state index contributed by atoms with van der Waals surface area (Å²) in [4.78, 5) is 14.0. The number of para-hydroxylation sites is 2. The Bertz CT molecular complexity index is 2550. The van der Waals surface area contributed by atoms with E-state index in [1.54, 1.807) is 0 Å².